The van der Waals surface area contributed by atoms with Gasteiger partial charge in [0.15, 0.2) is 5.75 Å². The quantitative estimate of drug-likeness (QED) is 0.806. The number of ether oxygens (including phenoxy) is 2. The molecule has 0 aliphatic carbocycles. The highest BCUT2D eigenvalue weighted by atomic mass is 16.5. The smallest absolute Gasteiger partial charge is 0.150 e. The molecule has 0 bridgehead atoms. The van der Waals surface area contributed by atoms with Gasteiger partial charge in [0, 0.05) is 6.07 Å². The summed E-state index contributed by atoms with van der Waals surface area (Å²) in [5.41, 5.74) is 8.01. The largest absolute Gasteiger partial charge is 0.497 e. The van der Waals surface area contributed by atoms with Gasteiger partial charge in [-0.15, -0.1) is 0 Å². The molecule has 112 valence electrons. The van der Waals surface area contributed by atoms with Gasteiger partial charge in [-0.25, -0.2) is 0 Å². The minimum atomic E-state index is 0.178. The van der Waals surface area contributed by atoms with Gasteiger partial charge in [-0.1, -0.05) is 32.9 Å². The van der Waals surface area contributed by atoms with Crippen molar-refractivity contribution in [2.45, 2.75) is 32.6 Å². The van der Waals surface area contributed by atoms with Crippen LogP contribution in [0.4, 0.5) is 5.69 Å². The van der Waals surface area contributed by atoms with Crippen molar-refractivity contribution in [2.75, 3.05) is 12.8 Å². The molecule has 0 atom stereocenters. The highest BCUT2D eigenvalue weighted by molar-refractivity contribution is 5.57. The molecule has 0 aliphatic rings. The van der Waals surface area contributed by atoms with Gasteiger partial charge >= 0.3 is 0 Å². The Hall–Kier alpha value is -2.16. The van der Waals surface area contributed by atoms with E-state index in [0.29, 0.717) is 11.4 Å². The molecular formula is C18H23NO2. The highest BCUT2D eigenvalue weighted by Gasteiger charge is 2.17. The molecule has 0 saturated carbocycles. The van der Waals surface area contributed by atoms with E-state index in [4.69, 9.17) is 15.2 Å². The van der Waals surface area contributed by atoms with Crippen LogP contribution in [0, 0.1) is 0 Å². The van der Waals surface area contributed by atoms with Crippen molar-refractivity contribution in [3.8, 4) is 17.2 Å². The maximum absolute atomic E-state index is 5.96. The van der Waals surface area contributed by atoms with Crippen molar-refractivity contribution in [3.63, 3.8) is 0 Å². The number of hydrogen-bond acceptors (Lipinski definition) is 3. The zero-order valence-corrected chi connectivity index (χ0v) is 13.1. The van der Waals surface area contributed by atoms with Crippen LogP contribution in [0.3, 0.4) is 0 Å². The van der Waals surface area contributed by atoms with E-state index in [0.717, 1.165) is 17.9 Å². The van der Waals surface area contributed by atoms with E-state index in [-0.39, 0.29) is 5.41 Å². The highest BCUT2D eigenvalue weighted by Crippen LogP contribution is 2.32. The molecule has 0 unspecified atom stereocenters. The van der Waals surface area contributed by atoms with Crippen LogP contribution in [-0.4, -0.2) is 7.11 Å². The lowest BCUT2D eigenvalue weighted by Crippen LogP contribution is -2.14. The fraction of sp³-hybridized carbons (Fsp3) is 0.333. The SMILES string of the molecule is CCC(C)(C)c1ccc(Oc2ccc(OC)cc2N)cc1. The van der Waals surface area contributed by atoms with E-state index in [1.54, 1.807) is 13.2 Å². The van der Waals surface area contributed by atoms with E-state index >= 15 is 0 Å². The predicted octanol–water partition coefficient (Wildman–Crippen LogP) is 4.76. The van der Waals surface area contributed by atoms with Gasteiger partial charge in [-0.05, 0) is 41.7 Å². The lowest BCUT2D eigenvalue weighted by molar-refractivity contribution is 0.413. The Labute approximate surface area is 126 Å². The van der Waals surface area contributed by atoms with E-state index < -0.39 is 0 Å². The summed E-state index contributed by atoms with van der Waals surface area (Å²) in [5.74, 6) is 2.14. The Balaban J connectivity index is 2.17. The topological polar surface area (TPSA) is 44.5 Å². The number of methoxy groups -OCH3 is 1. The molecule has 2 aromatic rings. The third-order valence-electron chi connectivity index (χ3n) is 3.96. The van der Waals surface area contributed by atoms with Crippen LogP contribution in [0.1, 0.15) is 32.8 Å². The summed E-state index contributed by atoms with van der Waals surface area (Å²) in [4.78, 5) is 0. The zero-order valence-electron chi connectivity index (χ0n) is 13.1. The normalized spacial score (nSPS) is 11.2. The van der Waals surface area contributed by atoms with Crippen molar-refractivity contribution in [1.82, 2.24) is 0 Å². The minimum absolute atomic E-state index is 0.178. The number of benzene rings is 2. The average molecular weight is 285 g/mol. The van der Waals surface area contributed by atoms with Crippen molar-refractivity contribution in [1.29, 1.82) is 0 Å². The maximum atomic E-state index is 5.96. The molecule has 21 heavy (non-hydrogen) atoms. The minimum Gasteiger partial charge on any atom is -0.497 e. The van der Waals surface area contributed by atoms with Crippen LogP contribution < -0.4 is 15.2 Å². The second kappa shape index (κ2) is 6.08. The van der Waals surface area contributed by atoms with Gasteiger partial charge in [0.25, 0.3) is 0 Å². The summed E-state index contributed by atoms with van der Waals surface area (Å²) < 4.78 is 11.0. The van der Waals surface area contributed by atoms with Crippen LogP contribution in [0.25, 0.3) is 0 Å². The predicted molar refractivity (Wildman–Crippen MR) is 87.2 cm³/mol. The number of nitrogen functional groups attached to an aromatic ring is 1. The average Bonchev–Trinajstić information content (AvgIpc) is 2.50. The molecule has 3 heteroatoms. The Kier molecular flexibility index (Phi) is 4.41. The second-order valence-corrected chi connectivity index (χ2v) is 5.77. The van der Waals surface area contributed by atoms with Gasteiger partial charge in [0.05, 0.1) is 12.8 Å². The zero-order chi connectivity index (χ0) is 15.5. The van der Waals surface area contributed by atoms with Crippen LogP contribution in [0.2, 0.25) is 0 Å². The molecule has 0 saturated heterocycles. The molecule has 2 aromatic carbocycles. The van der Waals surface area contributed by atoms with Gasteiger partial charge < -0.3 is 15.2 Å². The molecule has 2 rings (SSSR count). The first kappa shape index (κ1) is 15.2. The first-order valence-electron chi connectivity index (χ1n) is 7.18. The fourth-order valence-corrected chi connectivity index (χ4v) is 2.05. The molecule has 0 amide bonds. The summed E-state index contributed by atoms with van der Waals surface area (Å²) in [6, 6.07) is 13.6. The number of nitrogens with two attached hydrogens (primary N) is 1. The molecule has 0 heterocycles. The van der Waals surface area contributed by atoms with Crippen molar-refractivity contribution < 1.29 is 9.47 Å². The molecule has 3 nitrogen and oxygen atoms in total. The molecule has 0 radical (unpaired) electrons. The van der Waals surface area contributed by atoms with Crippen LogP contribution >= 0.6 is 0 Å². The van der Waals surface area contributed by atoms with Crippen LogP contribution in [0.5, 0.6) is 17.2 Å². The van der Waals surface area contributed by atoms with Crippen molar-refractivity contribution in [3.05, 3.63) is 48.0 Å². The van der Waals surface area contributed by atoms with E-state index in [9.17, 15) is 0 Å². The van der Waals surface area contributed by atoms with E-state index in [1.165, 1.54) is 5.56 Å². The van der Waals surface area contributed by atoms with Crippen LogP contribution in [0.15, 0.2) is 42.5 Å². The maximum Gasteiger partial charge on any atom is 0.150 e. The van der Waals surface area contributed by atoms with Crippen molar-refractivity contribution in [2.24, 2.45) is 0 Å². The molecule has 2 N–H and O–H groups in total. The summed E-state index contributed by atoms with van der Waals surface area (Å²) in [6.45, 7) is 6.68. The van der Waals surface area contributed by atoms with Crippen LogP contribution in [-0.2, 0) is 5.41 Å². The van der Waals surface area contributed by atoms with Gasteiger partial charge in [-0.2, -0.15) is 0 Å². The number of rotatable bonds is 5. The van der Waals surface area contributed by atoms with Gasteiger partial charge in [-0.3, -0.25) is 0 Å². The summed E-state index contributed by atoms with van der Waals surface area (Å²) >= 11 is 0. The summed E-state index contributed by atoms with van der Waals surface area (Å²) in [7, 11) is 1.61. The Morgan fingerprint density at radius 3 is 2.14 bits per heavy atom. The summed E-state index contributed by atoms with van der Waals surface area (Å²) in [5, 5.41) is 0. The molecule has 0 fully saturated rings. The number of hydrogen-bond donors (Lipinski definition) is 1. The summed E-state index contributed by atoms with van der Waals surface area (Å²) in [6.07, 6.45) is 1.10. The van der Waals surface area contributed by atoms with E-state index in [1.807, 2.05) is 24.3 Å². The Morgan fingerprint density at radius 2 is 1.62 bits per heavy atom. The first-order valence-corrected chi connectivity index (χ1v) is 7.18. The van der Waals surface area contributed by atoms with Gasteiger partial charge in [0.1, 0.15) is 11.5 Å². The second-order valence-electron chi connectivity index (χ2n) is 5.77. The molecule has 0 aromatic heterocycles. The third-order valence-corrected chi connectivity index (χ3v) is 3.96. The van der Waals surface area contributed by atoms with E-state index in [2.05, 4.69) is 32.9 Å². The first-order chi connectivity index (χ1) is 9.96. The fourth-order valence-electron chi connectivity index (χ4n) is 2.05. The van der Waals surface area contributed by atoms with Gasteiger partial charge in [0.2, 0.25) is 0 Å². The molecule has 0 spiro atoms. The molecular weight excluding hydrogens is 262 g/mol. The standard InChI is InChI=1S/C18H23NO2/c1-5-18(2,3)13-6-8-14(9-7-13)21-17-11-10-15(20-4)12-16(17)19/h6-12H,5,19H2,1-4H3. The molecule has 0 aliphatic heterocycles. The third kappa shape index (κ3) is 3.48. The monoisotopic (exact) mass is 285 g/mol. The lowest BCUT2D eigenvalue weighted by atomic mass is 9.82. The number of anilines is 1. The van der Waals surface area contributed by atoms with Crippen molar-refractivity contribution >= 4 is 5.69 Å². The Bertz CT molecular complexity index is 603. The Morgan fingerprint density at radius 1 is 1.00 bits per heavy atom. The lowest BCUT2D eigenvalue weighted by Gasteiger charge is -2.23.